The number of hydrogen-bond donors (Lipinski definition) is 0. The standard InChI is InChI=1S/C19H25NS/c20-13-18-11-10-17(16-8-2-1-3-9-16)12-19(18)21-14-15-6-4-5-7-15/h1-3,8-9,15,17-19H,4-7,10-12,14H2. The van der Waals surface area contributed by atoms with Crippen molar-refractivity contribution in [3.05, 3.63) is 35.9 Å². The van der Waals surface area contributed by atoms with E-state index in [2.05, 4.69) is 48.2 Å². The monoisotopic (exact) mass is 299 g/mol. The first kappa shape index (κ1) is 15.0. The number of benzene rings is 1. The zero-order valence-electron chi connectivity index (χ0n) is 12.7. The van der Waals surface area contributed by atoms with Crippen LogP contribution in [0.15, 0.2) is 30.3 Å². The number of rotatable bonds is 4. The van der Waals surface area contributed by atoms with Crippen LogP contribution in [-0.4, -0.2) is 11.0 Å². The molecule has 112 valence electrons. The summed E-state index contributed by atoms with van der Waals surface area (Å²) in [5, 5.41) is 10.00. The second-order valence-corrected chi connectivity index (χ2v) is 7.95. The van der Waals surface area contributed by atoms with E-state index in [4.69, 9.17) is 0 Å². The third-order valence-corrected chi connectivity index (χ3v) is 6.86. The van der Waals surface area contributed by atoms with Gasteiger partial charge >= 0.3 is 0 Å². The zero-order valence-corrected chi connectivity index (χ0v) is 13.5. The van der Waals surface area contributed by atoms with Crippen LogP contribution in [0.2, 0.25) is 0 Å². The second-order valence-electron chi connectivity index (χ2n) is 6.68. The lowest BCUT2D eigenvalue weighted by atomic mass is 9.79. The molecule has 1 aromatic rings. The van der Waals surface area contributed by atoms with Crippen LogP contribution in [0, 0.1) is 23.2 Å². The predicted octanol–water partition coefficient (Wildman–Crippen LogP) is 5.39. The van der Waals surface area contributed by atoms with Gasteiger partial charge in [0.15, 0.2) is 0 Å². The molecule has 2 aliphatic rings. The van der Waals surface area contributed by atoms with E-state index >= 15 is 0 Å². The Balaban J connectivity index is 1.60. The fourth-order valence-corrected chi connectivity index (χ4v) is 5.58. The van der Waals surface area contributed by atoms with Crippen molar-refractivity contribution in [2.45, 2.75) is 56.1 Å². The third kappa shape index (κ3) is 3.83. The second kappa shape index (κ2) is 7.36. The SMILES string of the molecule is N#CC1CCC(c2ccccc2)CC1SCC1CCCC1. The average molecular weight is 299 g/mol. The van der Waals surface area contributed by atoms with Crippen molar-refractivity contribution < 1.29 is 0 Å². The molecule has 0 heterocycles. The van der Waals surface area contributed by atoms with Gasteiger partial charge in [-0.3, -0.25) is 0 Å². The van der Waals surface area contributed by atoms with Crippen molar-refractivity contribution in [3.63, 3.8) is 0 Å². The number of nitriles is 1. The summed E-state index contributed by atoms with van der Waals surface area (Å²) in [4.78, 5) is 0. The zero-order chi connectivity index (χ0) is 14.5. The van der Waals surface area contributed by atoms with Gasteiger partial charge in [0.05, 0.1) is 12.0 Å². The molecule has 1 nitrogen and oxygen atoms in total. The molecule has 3 unspecified atom stereocenters. The Hall–Kier alpha value is -0.940. The molecule has 21 heavy (non-hydrogen) atoms. The summed E-state index contributed by atoms with van der Waals surface area (Å²) < 4.78 is 0. The van der Waals surface area contributed by atoms with E-state index in [9.17, 15) is 5.26 Å². The van der Waals surface area contributed by atoms with E-state index in [1.807, 2.05) is 0 Å². The lowest BCUT2D eigenvalue weighted by Crippen LogP contribution is -2.26. The Morgan fingerprint density at radius 3 is 2.52 bits per heavy atom. The van der Waals surface area contributed by atoms with Crippen LogP contribution in [0.4, 0.5) is 0 Å². The summed E-state index contributed by atoms with van der Waals surface area (Å²) in [5.41, 5.74) is 1.47. The van der Waals surface area contributed by atoms with Gasteiger partial charge < -0.3 is 0 Å². The largest absolute Gasteiger partial charge is 0.198 e. The highest BCUT2D eigenvalue weighted by Gasteiger charge is 2.32. The van der Waals surface area contributed by atoms with E-state index in [-0.39, 0.29) is 5.92 Å². The van der Waals surface area contributed by atoms with Crippen molar-refractivity contribution in [2.24, 2.45) is 11.8 Å². The molecule has 0 aliphatic heterocycles. The van der Waals surface area contributed by atoms with Crippen LogP contribution in [0.5, 0.6) is 0 Å². The molecule has 2 heteroatoms. The molecule has 0 bridgehead atoms. The maximum atomic E-state index is 9.45. The normalized spacial score (nSPS) is 30.1. The van der Waals surface area contributed by atoms with Crippen LogP contribution in [0.1, 0.15) is 56.4 Å². The van der Waals surface area contributed by atoms with E-state index in [1.165, 1.54) is 49.8 Å². The fraction of sp³-hybridized carbons (Fsp3) is 0.632. The van der Waals surface area contributed by atoms with Gasteiger partial charge in [-0.05, 0) is 55.3 Å². The Labute approximate surface area is 133 Å². The highest BCUT2D eigenvalue weighted by Crippen LogP contribution is 2.42. The highest BCUT2D eigenvalue weighted by atomic mass is 32.2. The molecular formula is C19H25NS. The Morgan fingerprint density at radius 1 is 1.05 bits per heavy atom. The molecule has 0 radical (unpaired) electrons. The molecule has 2 fully saturated rings. The fourth-order valence-electron chi connectivity index (χ4n) is 3.93. The molecule has 2 saturated carbocycles. The topological polar surface area (TPSA) is 23.8 Å². The van der Waals surface area contributed by atoms with Crippen LogP contribution in [0.25, 0.3) is 0 Å². The van der Waals surface area contributed by atoms with Gasteiger partial charge in [0.25, 0.3) is 0 Å². The van der Waals surface area contributed by atoms with E-state index in [0.29, 0.717) is 11.2 Å². The van der Waals surface area contributed by atoms with Crippen molar-refractivity contribution >= 4 is 11.8 Å². The first-order valence-electron chi connectivity index (χ1n) is 8.43. The summed E-state index contributed by atoms with van der Waals surface area (Å²) in [5.74, 6) is 3.14. The molecule has 3 rings (SSSR count). The maximum Gasteiger partial charge on any atom is 0.0667 e. The van der Waals surface area contributed by atoms with Gasteiger partial charge in [0.2, 0.25) is 0 Å². The Kier molecular flexibility index (Phi) is 5.25. The molecule has 0 aromatic heterocycles. The van der Waals surface area contributed by atoms with Gasteiger partial charge in [-0.25, -0.2) is 0 Å². The lowest BCUT2D eigenvalue weighted by molar-refractivity contribution is 0.392. The molecule has 0 saturated heterocycles. The number of thioether (sulfide) groups is 1. The minimum atomic E-state index is 0.274. The van der Waals surface area contributed by atoms with E-state index in [1.54, 1.807) is 0 Å². The Morgan fingerprint density at radius 2 is 1.81 bits per heavy atom. The minimum absolute atomic E-state index is 0.274. The summed E-state index contributed by atoms with van der Waals surface area (Å²) in [6.07, 6.45) is 9.13. The lowest BCUT2D eigenvalue weighted by Gasteiger charge is -2.33. The molecule has 3 atom stereocenters. The van der Waals surface area contributed by atoms with Gasteiger partial charge in [-0.15, -0.1) is 0 Å². The molecule has 2 aliphatic carbocycles. The van der Waals surface area contributed by atoms with Gasteiger partial charge in [0, 0.05) is 5.25 Å². The molecule has 0 spiro atoms. The maximum absolute atomic E-state index is 9.45. The smallest absolute Gasteiger partial charge is 0.0667 e. The van der Waals surface area contributed by atoms with Crippen molar-refractivity contribution in [1.29, 1.82) is 5.26 Å². The van der Waals surface area contributed by atoms with Crippen molar-refractivity contribution in [1.82, 2.24) is 0 Å². The van der Waals surface area contributed by atoms with E-state index < -0.39 is 0 Å². The van der Waals surface area contributed by atoms with Crippen LogP contribution < -0.4 is 0 Å². The quantitative estimate of drug-likeness (QED) is 0.744. The molecular weight excluding hydrogens is 274 g/mol. The van der Waals surface area contributed by atoms with E-state index in [0.717, 1.165) is 12.3 Å². The van der Waals surface area contributed by atoms with Gasteiger partial charge in [0.1, 0.15) is 0 Å². The third-order valence-electron chi connectivity index (χ3n) is 5.25. The molecule has 0 amide bonds. The van der Waals surface area contributed by atoms with Crippen molar-refractivity contribution in [2.75, 3.05) is 5.75 Å². The summed E-state index contributed by atoms with van der Waals surface area (Å²) in [6, 6.07) is 13.5. The Bertz CT molecular complexity index is 472. The van der Waals surface area contributed by atoms with Crippen LogP contribution >= 0.6 is 11.8 Å². The summed E-state index contributed by atoms with van der Waals surface area (Å²) >= 11 is 2.10. The minimum Gasteiger partial charge on any atom is -0.198 e. The first-order valence-corrected chi connectivity index (χ1v) is 9.48. The van der Waals surface area contributed by atoms with Gasteiger partial charge in [-0.1, -0.05) is 43.2 Å². The van der Waals surface area contributed by atoms with Gasteiger partial charge in [-0.2, -0.15) is 17.0 Å². The molecule has 0 N–H and O–H groups in total. The van der Waals surface area contributed by atoms with Crippen molar-refractivity contribution in [3.8, 4) is 6.07 Å². The summed E-state index contributed by atoms with van der Waals surface area (Å²) in [7, 11) is 0. The molecule has 1 aromatic carbocycles. The van der Waals surface area contributed by atoms with Crippen LogP contribution in [0.3, 0.4) is 0 Å². The number of nitrogens with zero attached hydrogens (tertiary/aromatic N) is 1. The predicted molar refractivity (Wildman–Crippen MR) is 90.3 cm³/mol. The highest BCUT2D eigenvalue weighted by molar-refractivity contribution is 7.99. The summed E-state index contributed by atoms with van der Waals surface area (Å²) in [6.45, 7) is 0. The van der Waals surface area contributed by atoms with Crippen LogP contribution in [-0.2, 0) is 0 Å². The number of hydrogen-bond acceptors (Lipinski definition) is 2. The average Bonchev–Trinajstić information content (AvgIpc) is 3.07. The first-order chi connectivity index (χ1) is 10.4.